The Kier molecular flexibility index (Phi) is 6.49. The van der Waals surface area contributed by atoms with Crippen LogP contribution in [-0.2, 0) is 23.0 Å². The van der Waals surface area contributed by atoms with E-state index in [-0.39, 0.29) is 22.4 Å². The zero-order chi connectivity index (χ0) is 24.4. The standard InChI is InChI=1S/C27H29N3O4S/c1-34-26-12-11-23(35(32,33)30-16-13-21-9-5-6-10-25(21)30)17-24(26)27(31)28-22-14-15-29(19-22)18-20-7-3-2-4-8-20/h2-12,17,22H,13-16,18-19H2,1H3,(H,28,31)/t22-/m1/s1. The Hall–Kier alpha value is -3.36. The molecule has 8 heteroatoms. The van der Waals surface area contributed by atoms with E-state index in [0.29, 0.717) is 24.4 Å². The van der Waals surface area contributed by atoms with Gasteiger partial charge in [-0.05, 0) is 48.2 Å². The van der Waals surface area contributed by atoms with Gasteiger partial charge >= 0.3 is 0 Å². The number of fused-ring (bicyclic) bond motifs is 1. The molecule has 0 unspecified atom stereocenters. The Bertz CT molecular complexity index is 1330. The van der Waals surface area contributed by atoms with Crippen LogP contribution >= 0.6 is 0 Å². The lowest BCUT2D eigenvalue weighted by Crippen LogP contribution is -2.37. The quantitative estimate of drug-likeness (QED) is 0.548. The number of methoxy groups -OCH3 is 1. The Morgan fingerprint density at radius 2 is 1.80 bits per heavy atom. The average molecular weight is 492 g/mol. The van der Waals surface area contributed by atoms with Crippen molar-refractivity contribution in [1.82, 2.24) is 10.2 Å². The molecule has 0 aromatic heterocycles. The van der Waals surface area contributed by atoms with Gasteiger partial charge < -0.3 is 10.1 Å². The van der Waals surface area contributed by atoms with Crippen molar-refractivity contribution >= 4 is 21.6 Å². The van der Waals surface area contributed by atoms with Crippen LogP contribution in [0.25, 0.3) is 0 Å². The number of likely N-dealkylation sites (tertiary alicyclic amines) is 1. The molecular formula is C27H29N3O4S. The van der Waals surface area contributed by atoms with Gasteiger partial charge in [0.2, 0.25) is 0 Å². The predicted molar refractivity (Wildman–Crippen MR) is 135 cm³/mol. The molecule has 1 amide bonds. The Morgan fingerprint density at radius 1 is 1.03 bits per heavy atom. The normalized spacial score (nSPS) is 17.9. The van der Waals surface area contributed by atoms with E-state index in [1.165, 1.54) is 29.1 Å². The molecule has 182 valence electrons. The van der Waals surface area contributed by atoms with Gasteiger partial charge in [0.05, 0.1) is 23.3 Å². The van der Waals surface area contributed by atoms with E-state index < -0.39 is 10.0 Å². The second-order valence-electron chi connectivity index (χ2n) is 9.00. The maximum atomic E-state index is 13.5. The highest BCUT2D eigenvalue weighted by Crippen LogP contribution is 2.34. The Labute approximate surface area is 206 Å². The number of anilines is 1. The summed E-state index contributed by atoms with van der Waals surface area (Å²) in [5.41, 5.74) is 3.16. The lowest BCUT2D eigenvalue weighted by Gasteiger charge is -2.21. The van der Waals surface area contributed by atoms with Crippen molar-refractivity contribution < 1.29 is 17.9 Å². The zero-order valence-corrected chi connectivity index (χ0v) is 20.5. The number of para-hydroxylation sites is 1. The Morgan fingerprint density at radius 3 is 2.60 bits per heavy atom. The fraction of sp³-hybridized carbons (Fsp3) is 0.296. The van der Waals surface area contributed by atoms with Gasteiger partial charge in [-0.25, -0.2) is 8.42 Å². The number of nitrogens with one attached hydrogen (secondary N) is 1. The molecule has 0 aliphatic carbocycles. The number of carbonyl (C=O) groups excluding carboxylic acids is 1. The molecule has 2 aliphatic heterocycles. The van der Waals surface area contributed by atoms with Crippen molar-refractivity contribution in [2.75, 3.05) is 31.0 Å². The second-order valence-corrected chi connectivity index (χ2v) is 10.9. The maximum Gasteiger partial charge on any atom is 0.264 e. The van der Waals surface area contributed by atoms with Crippen LogP contribution in [0.2, 0.25) is 0 Å². The van der Waals surface area contributed by atoms with Crippen molar-refractivity contribution in [3.8, 4) is 5.75 Å². The molecule has 7 nitrogen and oxygen atoms in total. The lowest BCUT2D eigenvalue weighted by atomic mass is 10.1. The minimum Gasteiger partial charge on any atom is -0.496 e. The number of hydrogen-bond donors (Lipinski definition) is 1. The van der Waals surface area contributed by atoms with Crippen LogP contribution in [0.15, 0.2) is 77.7 Å². The van der Waals surface area contributed by atoms with Crippen molar-refractivity contribution in [2.24, 2.45) is 0 Å². The molecule has 1 saturated heterocycles. The fourth-order valence-corrected chi connectivity index (χ4v) is 6.44. The first-order valence-electron chi connectivity index (χ1n) is 11.8. The van der Waals surface area contributed by atoms with Crippen LogP contribution in [0.4, 0.5) is 5.69 Å². The molecule has 1 fully saturated rings. The van der Waals surface area contributed by atoms with Crippen LogP contribution < -0.4 is 14.4 Å². The number of sulfonamides is 1. The van der Waals surface area contributed by atoms with Crippen molar-refractivity contribution in [2.45, 2.75) is 30.3 Å². The first-order valence-corrected chi connectivity index (χ1v) is 13.3. The van der Waals surface area contributed by atoms with E-state index in [9.17, 15) is 13.2 Å². The topological polar surface area (TPSA) is 79.0 Å². The molecule has 35 heavy (non-hydrogen) atoms. The molecule has 5 rings (SSSR count). The van der Waals surface area contributed by atoms with E-state index in [0.717, 1.165) is 31.6 Å². The van der Waals surface area contributed by atoms with Crippen molar-refractivity contribution in [1.29, 1.82) is 0 Å². The van der Waals surface area contributed by atoms with E-state index >= 15 is 0 Å². The van der Waals surface area contributed by atoms with Crippen molar-refractivity contribution in [3.63, 3.8) is 0 Å². The van der Waals surface area contributed by atoms with E-state index in [1.54, 1.807) is 6.07 Å². The summed E-state index contributed by atoms with van der Waals surface area (Å²) < 4.78 is 33.8. The smallest absolute Gasteiger partial charge is 0.264 e. The van der Waals surface area contributed by atoms with Crippen molar-refractivity contribution in [3.05, 3.63) is 89.5 Å². The summed E-state index contributed by atoms with van der Waals surface area (Å²) in [5.74, 6) is 0.0229. The summed E-state index contributed by atoms with van der Waals surface area (Å²) in [6.45, 7) is 2.85. The van der Waals surface area contributed by atoms with E-state index in [4.69, 9.17) is 4.74 Å². The molecule has 3 aromatic rings. The molecule has 2 aliphatic rings. The Balaban J connectivity index is 1.32. The van der Waals surface area contributed by atoms with Crippen LogP contribution in [0.5, 0.6) is 5.75 Å². The summed E-state index contributed by atoms with van der Waals surface area (Å²) in [5, 5.41) is 3.08. The molecule has 2 heterocycles. The van der Waals surface area contributed by atoms with Gasteiger partial charge in [0.1, 0.15) is 5.75 Å². The molecule has 0 radical (unpaired) electrons. The van der Waals surface area contributed by atoms with Crippen LogP contribution in [0, 0.1) is 0 Å². The van der Waals surface area contributed by atoms with Gasteiger partial charge in [0.15, 0.2) is 0 Å². The van der Waals surface area contributed by atoms with Gasteiger partial charge in [-0.15, -0.1) is 0 Å². The number of rotatable bonds is 7. The fourth-order valence-electron chi connectivity index (χ4n) is 4.91. The summed E-state index contributed by atoms with van der Waals surface area (Å²) in [6.07, 6.45) is 1.50. The number of nitrogens with zero attached hydrogens (tertiary/aromatic N) is 2. The van der Waals surface area contributed by atoms with E-state index in [1.807, 2.05) is 42.5 Å². The SMILES string of the molecule is COc1ccc(S(=O)(=O)N2CCc3ccccc32)cc1C(=O)N[C@@H]1CCN(Cc2ccccc2)C1. The molecule has 1 N–H and O–H groups in total. The number of hydrogen-bond acceptors (Lipinski definition) is 5. The first kappa shape index (κ1) is 23.4. The monoisotopic (exact) mass is 491 g/mol. The average Bonchev–Trinajstić information content (AvgIpc) is 3.51. The van der Waals surface area contributed by atoms with Gasteiger partial charge in [0.25, 0.3) is 15.9 Å². The summed E-state index contributed by atoms with van der Waals surface area (Å²) >= 11 is 0. The largest absolute Gasteiger partial charge is 0.496 e. The number of carbonyl (C=O) groups is 1. The van der Waals surface area contributed by atoms with Crippen LogP contribution in [0.1, 0.15) is 27.9 Å². The zero-order valence-electron chi connectivity index (χ0n) is 19.7. The lowest BCUT2D eigenvalue weighted by molar-refractivity contribution is 0.0934. The molecular weight excluding hydrogens is 462 g/mol. The predicted octanol–water partition coefficient (Wildman–Crippen LogP) is 3.45. The summed E-state index contributed by atoms with van der Waals surface area (Å²) in [6, 6.07) is 22.2. The highest BCUT2D eigenvalue weighted by atomic mass is 32.2. The molecule has 3 aromatic carbocycles. The highest BCUT2D eigenvalue weighted by molar-refractivity contribution is 7.92. The summed E-state index contributed by atoms with van der Waals surface area (Å²) in [7, 11) is -2.33. The first-order chi connectivity index (χ1) is 17.0. The van der Waals surface area contributed by atoms with Crippen LogP contribution in [0.3, 0.4) is 0 Å². The van der Waals surface area contributed by atoms with Gasteiger partial charge in [-0.3, -0.25) is 14.0 Å². The maximum absolute atomic E-state index is 13.5. The number of ether oxygens (including phenoxy) is 1. The van der Waals surface area contributed by atoms with Gasteiger partial charge in [-0.1, -0.05) is 48.5 Å². The third-order valence-electron chi connectivity index (χ3n) is 6.70. The van der Waals surface area contributed by atoms with Gasteiger partial charge in [0, 0.05) is 32.2 Å². The van der Waals surface area contributed by atoms with Crippen LogP contribution in [-0.4, -0.2) is 52.0 Å². The third-order valence-corrected chi connectivity index (χ3v) is 8.51. The van der Waals surface area contributed by atoms with E-state index in [2.05, 4.69) is 22.3 Å². The number of benzene rings is 3. The second kappa shape index (κ2) is 9.71. The molecule has 0 spiro atoms. The van der Waals surface area contributed by atoms with Gasteiger partial charge in [-0.2, -0.15) is 0 Å². The minimum absolute atomic E-state index is 0.0124. The number of amides is 1. The molecule has 1 atom stereocenters. The molecule has 0 saturated carbocycles. The third kappa shape index (κ3) is 4.76. The minimum atomic E-state index is -3.81. The highest BCUT2D eigenvalue weighted by Gasteiger charge is 2.32. The molecule has 0 bridgehead atoms. The summed E-state index contributed by atoms with van der Waals surface area (Å²) in [4.78, 5) is 15.6.